The van der Waals surface area contributed by atoms with E-state index < -0.39 is 0 Å². The van der Waals surface area contributed by atoms with Crippen LogP contribution in [0.25, 0.3) is 0 Å². The zero-order chi connectivity index (χ0) is 13.9. The molecule has 2 heterocycles. The van der Waals surface area contributed by atoms with Gasteiger partial charge in [0.1, 0.15) is 5.75 Å². The van der Waals surface area contributed by atoms with Crippen molar-refractivity contribution in [1.29, 1.82) is 0 Å². The van der Waals surface area contributed by atoms with Gasteiger partial charge in [0.05, 0.1) is 6.04 Å². The van der Waals surface area contributed by atoms with E-state index in [1.165, 1.54) is 4.88 Å². The van der Waals surface area contributed by atoms with Gasteiger partial charge in [0.2, 0.25) is 0 Å². The normalized spacial score (nSPS) is 16.4. The summed E-state index contributed by atoms with van der Waals surface area (Å²) >= 11 is 5.26. The number of phenolic OH excluding ortho intramolecular Hbond substituents is 1. The summed E-state index contributed by atoms with van der Waals surface area (Å²) in [5.41, 5.74) is 0.976. The number of thiophene rings is 1. The maximum atomic E-state index is 10.3. The molecular weight excluding hydrogens is 407 g/mol. The monoisotopic (exact) mass is 424 g/mol. The van der Waals surface area contributed by atoms with E-state index in [2.05, 4.69) is 43.7 Å². The van der Waals surface area contributed by atoms with Crippen LogP contribution in [0.1, 0.15) is 16.5 Å². The summed E-state index contributed by atoms with van der Waals surface area (Å²) in [4.78, 5) is 3.71. The van der Waals surface area contributed by atoms with E-state index in [-0.39, 0.29) is 30.9 Å². The van der Waals surface area contributed by atoms with Crippen molar-refractivity contribution in [2.45, 2.75) is 6.04 Å². The van der Waals surface area contributed by atoms with Gasteiger partial charge in [-0.25, -0.2) is 0 Å². The smallest absolute Gasteiger partial charge is 0.120 e. The van der Waals surface area contributed by atoms with Crippen LogP contribution < -0.4 is 5.32 Å². The van der Waals surface area contributed by atoms with Gasteiger partial charge in [-0.3, -0.25) is 4.90 Å². The first kappa shape index (κ1) is 19.7. The van der Waals surface area contributed by atoms with Crippen LogP contribution in [0.4, 0.5) is 0 Å². The molecule has 0 spiro atoms. The van der Waals surface area contributed by atoms with Crippen LogP contribution in [-0.4, -0.2) is 36.2 Å². The highest BCUT2D eigenvalue weighted by molar-refractivity contribution is 9.10. The van der Waals surface area contributed by atoms with E-state index in [1.54, 1.807) is 17.4 Å². The number of hydrogen-bond donors (Lipinski definition) is 2. The summed E-state index contributed by atoms with van der Waals surface area (Å²) in [6, 6.07) is 10.0. The SMILES string of the molecule is Cl.Cl.Oc1ccc(Br)cc1[C@H](c1cccs1)N1CCNCC1. The number of rotatable bonds is 3. The Morgan fingerprint density at radius 2 is 1.91 bits per heavy atom. The topological polar surface area (TPSA) is 35.5 Å². The number of phenols is 1. The standard InChI is InChI=1S/C15H17BrN2OS.2ClH/c16-11-3-4-13(19)12(10-11)15(14-2-1-9-20-14)18-7-5-17-6-8-18;;/h1-4,9-10,15,17,19H,5-8H2;2*1H/t15-;;/m1../s1. The lowest BCUT2D eigenvalue weighted by atomic mass is 10.0. The highest BCUT2D eigenvalue weighted by atomic mass is 79.9. The van der Waals surface area contributed by atoms with Crippen molar-refractivity contribution in [3.8, 4) is 5.75 Å². The van der Waals surface area contributed by atoms with Gasteiger partial charge in [0.25, 0.3) is 0 Å². The van der Waals surface area contributed by atoms with E-state index in [4.69, 9.17) is 0 Å². The summed E-state index contributed by atoms with van der Waals surface area (Å²) in [6.45, 7) is 3.98. The molecule has 0 saturated carbocycles. The van der Waals surface area contributed by atoms with Crippen LogP contribution in [0, 0.1) is 0 Å². The number of aromatic hydroxyl groups is 1. The summed E-state index contributed by atoms with van der Waals surface area (Å²) < 4.78 is 1.00. The first-order valence-corrected chi connectivity index (χ1v) is 8.39. The lowest BCUT2D eigenvalue weighted by Gasteiger charge is -2.35. The third-order valence-electron chi connectivity index (χ3n) is 3.61. The molecule has 0 radical (unpaired) electrons. The Morgan fingerprint density at radius 3 is 2.55 bits per heavy atom. The van der Waals surface area contributed by atoms with Crippen LogP contribution in [0.3, 0.4) is 0 Å². The van der Waals surface area contributed by atoms with E-state index in [0.29, 0.717) is 5.75 Å². The average Bonchev–Trinajstić information content (AvgIpc) is 2.98. The van der Waals surface area contributed by atoms with Gasteiger partial charge in [-0.05, 0) is 29.6 Å². The van der Waals surface area contributed by atoms with E-state index in [1.807, 2.05) is 12.1 Å². The number of benzene rings is 1. The molecule has 0 bridgehead atoms. The minimum atomic E-state index is 0. The van der Waals surface area contributed by atoms with Crippen molar-refractivity contribution < 1.29 is 5.11 Å². The van der Waals surface area contributed by atoms with Crippen LogP contribution in [0.2, 0.25) is 0 Å². The molecule has 3 nitrogen and oxygen atoms in total. The van der Waals surface area contributed by atoms with Gasteiger partial charge in [0.15, 0.2) is 0 Å². The first-order valence-electron chi connectivity index (χ1n) is 6.72. The molecule has 1 saturated heterocycles. The molecule has 1 fully saturated rings. The molecule has 122 valence electrons. The summed E-state index contributed by atoms with van der Waals surface area (Å²) in [5.74, 6) is 0.366. The molecule has 1 aliphatic rings. The van der Waals surface area contributed by atoms with Crippen molar-refractivity contribution in [3.63, 3.8) is 0 Å². The minimum absolute atomic E-state index is 0. The molecule has 1 aromatic carbocycles. The predicted molar refractivity (Wildman–Crippen MR) is 101 cm³/mol. The molecule has 2 N–H and O–H groups in total. The average molecular weight is 426 g/mol. The lowest BCUT2D eigenvalue weighted by molar-refractivity contribution is 0.198. The Hall–Kier alpha value is -0.300. The molecule has 3 rings (SSSR count). The number of nitrogens with one attached hydrogen (secondary N) is 1. The second-order valence-corrected chi connectivity index (χ2v) is 6.80. The van der Waals surface area contributed by atoms with Gasteiger partial charge < -0.3 is 10.4 Å². The number of hydrogen-bond acceptors (Lipinski definition) is 4. The molecule has 7 heteroatoms. The second kappa shape index (κ2) is 9.11. The van der Waals surface area contributed by atoms with Crippen LogP contribution in [-0.2, 0) is 0 Å². The first-order chi connectivity index (χ1) is 9.75. The molecule has 0 unspecified atom stereocenters. The fourth-order valence-electron chi connectivity index (χ4n) is 2.66. The highest BCUT2D eigenvalue weighted by Crippen LogP contribution is 2.37. The molecule has 0 amide bonds. The maximum absolute atomic E-state index is 10.3. The molecule has 1 aliphatic heterocycles. The number of nitrogens with zero attached hydrogens (tertiary/aromatic N) is 1. The summed E-state index contributed by atoms with van der Waals surface area (Å²) in [7, 11) is 0. The number of halogens is 3. The van der Waals surface area contributed by atoms with Crippen LogP contribution in [0.15, 0.2) is 40.2 Å². The zero-order valence-electron chi connectivity index (χ0n) is 11.9. The van der Waals surface area contributed by atoms with Gasteiger partial charge >= 0.3 is 0 Å². The fraction of sp³-hybridized carbons (Fsp3) is 0.333. The van der Waals surface area contributed by atoms with Gasteiger partial charge in [-0.15, -0.1) is 36.2 Å². The quantitative estimate of drug-likeness (QED) is 0.778. The number of piperazine rings is 1. The Labute approximate surface area is 155 Å². The van der Waals surface area contributed by atoms with Crippen LogP contribution in [0.5, 0.6) is 5.75 Å². The van der Waals surface area contributed by atoms with Crippen molar-refractivity contribution in [2.24, 2.45) is 0 Å². The Balaban J connectivity index is 0.00000121. The van der Waals surface area contributed by atoms with Crippen molar-refractivity contribution in [3.05, 3.63) is 50.6 Å². The van der Waals surface area contributed by atoms with Gasteiger partial charge in [-0.2, -0.15) is 0 Å². The Kier molecular flexibility index (Phi) is 8.17. The van der Waals surface area contributed by atoms with E-state index in [0.717, 1.165) is 36.2 Å². The molecule has 22 heavy (non-hydrogen) atoms. The summed E-state index contributed by atoms with van der Waals surface area (Å²) in [6.07, 6.45) is 0. The minimum Gasteiger partial charge on any atom is -0.508 e. The third-order valence-corrected chi connectivity index (χ3v) is 5.03. The van der Waals surface area contributed by atoms with Gasteiger partial charge in [0, 0.05) is 41.1 Å². The van der Waals surface area contributed by atoms with Gasteiger partial charge in [-0.1, -0.05) is 22.0 Å². The zero-order valence-corrected chi connectivity index (χ0v) is 15.9. The second-order valence-electron chi connectivity index (χ2n) is 4.91. The molecule has 0 aliphatic carbocycles. The van der Waals surface area contributed by atoms with Crippen molar-refractivity contribution in [1.82, 2.24) is 10.2 Å². The summed E-state index contributed by atoms with van der Waals surface area (Å²) in [5, 5.41) is 15.8. The Morgan fingerprint density at radius 1 is 1.18 bits per heavy atom. The van der Waals surface area contributed by atoms with E-state index >= 15 is 0 Å². The maximum Gasteiger partial charge on any atom is 0.120 e. The predicted octanol–water partition coefficient (Wildman–Crippen LogP) is 4.05. The largest absolute Gasteiger partial charge is 0.508 e. The lowest BCUT2D eigenvalue weighted by Crippen LogP contribution is -2.45. The third kappa shape index (κ3) is 4.37. The van der Waals surface area contributed by atoms with Crippen LogP contribution >= 0.6 is 52.1 Å². The fourth-order valence-corrected chi connectivity index (χ4v) is 3.92. The molecule has 1 atom stereocenters. The molecule has 2 aromatic rings. The van der Waals surface area contributed by atoms with E-state index in [9.17, 15) is 5.11 Å². The molecule has 1 aromatic heterocycles. The van der Waals surface area contributed by atoms with Crippen molar-refractivity contribution >= 4 is 52.1 Å². The molecular formula is C15H19BrCl2N2OS. The van der Waals surface area contributed by atoms with Crippen molar-refractivity contribution in [2.75, 3.05) is 26.2 Å². The Bertz CT molecular complexity index is 577. The highest BCUT2D eigenvalue weighted by Gasteiger charge is 2.26.